The standard InChI is InChI=1S/C16H22N4O2/c1-10(11-6-4-3-5-7-11)18-16(21)20-14-8-13-12(9-17-14)15(19-13)22-2/h8-11H,3-7H2,1-2H3,(H2,17,18,20,21). The molecule has 118 valence electrons. The number of carbonyl (C=O) groups is 1. The van der Waals surface area contributed by atoms with Gasteiger partial charge in [0.05, 0.1) is 17.7 Å². The first-order chi connectivity index (χ1) is 10.7. The van der Waals surface area contributed by atoms with Crippen molar-refractivity contribution in [2.45, 2.75) is 45.1 Å². The van der Waals surface area contributed by atoms with Gasteiger partial charge in [0.1, 0.15) is 5.82 Å². The third kappa shape index (κ3) is 3.05. The van der Waals surface area contributed by atoms with Gasteiger partial charge in [-0.3, -0.25) is 5.32 Å². The van der Waals surface area contributed by atoms with Gasteiger partial charge >= 0.3 is 6.03 Å². The third-order valence-electron chi connectivity index (χ3n) is 4.49. The predicted molar refractivity (Wildman–Crippen MR) is 83.6 cm³/mol. The Morgan fingerprint density at radius 1 is 1.36 bits per heavy atom. The van der Waals surface area contributed by atoms with Crippen LogP contribution in [0.2, 0.25) is 0 Å². The zero-order valence-electron chi connectivity index (χ0n) is 13.1. The van der Waals surface area contributed by atoms with Crippen molar-refractivity contribution in [3.63, 3.8) is 0 Å². The molecule has 2 N–H and O–H groups in total. The fourth-order valence-electron chi connectivity index (χ4n) is 3.15. The Labute approximate surface area is 129 Å². The summed E-state index contributed by atoms with van der Waals surface area (Å²) < 4.78 is 5.06. The molecule has 0 spiro atoms. The summed E-state index contributed by atoms with van der Waals surface area (Å²) in [7, 11) is 1.58. The van der Waals surface area contributed by atoms with Crippen LogP contribution in [0, 0.1) is 5.92 Å². The fraction of sp³-hybridized carbons (Fsp3) is 0.562. The zero-order chi connectivity index (χ0) is 15.5. The lowest BCUT2D eigenvalue weighted by atomic mass is 9.85. The molecule has 6 nitrogen and oxygen atoms in total. The average Bonchev–Trinajstić information content (AvgIpc) is 2.50. The SMILES string of the molecule is COC1=c2cnc(NC(=O)NC(C)C3CCCCC3)cc2=N1. The van der Waals surface area contributed by atoms with Gasteiger partial charge in [0, 0.05) is 18.3 Å². The van der Waals surface area contributed by atoms with Gasteiger partial charge in [-0.2, -0.15) is 0 Å². The number of fused-ring (bicyclic) bond motifs is 1. The lowest BCUT2D eigenvalue weighted by molar-refractivity contribution is 0.235. The molecule has 0 radical (unpaired) electrons. The highest BCUT2D eigenvalue weighted by atomic mass is 16.5. The number of amides is 2. The number of rotatable bonds is 4. The van der Waals surface area contributed by atoms with Crippen LogP contribution in [-0.2, 0) is 4.74 Å². The van der Waals surface area contributed by atoms with Crippen molar-refractivity contribution in [1.82, 2.24) is 10.3 Å². The number of aromatic nitrogens is 1. The third-order valence-corrected chi connectivity index (χ3v) is 4.49. The zero-order valence-corrected chi connectivity index (χ0v) is 13.1. The summed E-state index contributed by atoms with van der Waals surface area (Å²) >= 11 is 0. The van der Waals surface area contributed by atoms with Crippen molar-refractivity contribution in [3.8, 4) is 0 Å². The molecule has 2 amide bonds. The van der Waals surface area contributed by atoms with E-state index in [2.05, 4.69) is 27.5 Å². The van der Waals surface area contributed by atoms with E-state index < -0.39 is 0 Å². The van der Waals surface area contributed by atoms with Crippen LogP contribution in [0.5, 0.6) is 0 Å². The van der Waals surface area contributed by atoms with Crippen LogP contribution in [0.4, 0.5) is 10.6 Å². The number of carbonyl (C=O) groups excluding carboxylic acids is 1. The van der Waals surface area contributed by atoms with Crippen molar-refractivity contribution in [1.29, 1.82) is 0 Å². The smallest absolute Gasteiger partial charge is 0.320 e. The molecule has 1 aromatic rings. The molecule has 3 rings (SSSR count). The number of hydrogen-bond donors (Lipinski definition) is 2. The summed E-state index contributed by atoms with van der Waals surface area (Å²) in [4.78, 5) is 20.5. The Balaban J connectivity index is 1.57. The molecule has 1 unspecified atom stereocenters. The first-order valence-corrected chi connectivity index (χ1v) is 7.88. The molecule has 0 saturated heterocycles. The van der Waals surface area contributed by atoms with E-state index in [1.165, 1.54) is 32.1 Å². The molecule has 1 fully saturated rings. The summed E-state index contributed by atoms with van der Waals surface area (Å²) in [5.74, 6) is 1.67. The molecular formula is C16H22N4O2. The van der Waals surface area contributed by atoms with E-state index in [1.54, 1.807) is 19.4 Å². The summed E-state index contributed by atoms with van der Waals surface area (Å²) in [6.07, 6.45) is 7.93. The summed E-state index contributed by atoms with van der Waals surface area (Å²) in [6, 6.07) is 1.73. The number of hydrogen-bond acceptors (Lipinski definition) is 4. The second kappa shape index (κ2) is 6.34. The summed E-state index contributed by atoms with van der Waals surface area (Å²) in [5.41, 5.74) is 0. The van der Waals surface area contributed by atoms with E-state index in [0.717, 1.165) is 10.6 Å². The van der Waals surface area contributed by atoms with Crippen molar-refractivity contribution in [3.05, 3.63) is 22.8 Å². The molecule has 1 aliphatic carbocycles. The van der Waals surface area contributed by atoms with E-state index in [9.17, 15) is 4.79 Å². The maximum Gasteiger partial charge on any atom is 0.320 e. The number of nitrogens with zero attached hydrogens (tertiary/aromatic N) is 2. The minimum absolute atomic E-state index is 0.185. The fourth-order valence-corrected chi connectivity index (χ4v) is 3.15. The van der Waals surface area contributed by atoms with Crippen molar-refractivity contribution in [2.24, 2.45) is 10.9 Å². The van der Waals surface area contributed by atoms with Crippen molar-refractivity contribution in [2.75, 3.05) is 12.4 Å². The molecule has 1 atom stereocenters. The van der Waals surface area contributed by atoms with Crippen LogP contribution < -0.4 is 21.2 Å². The van der Waals surface area contributed by atoms with E-state index >= 15 is 0 Å². The van der Waals surface area contributed by atoms with Crippen molar-refractivity contribution >= 4 is 17.7 Å². The van der Waals surface area contributed by atoms with Gasteiger partial charge in [-0.05, 0) is 25.7 Å². The summed E-state index contributed by atoms with van der Waals surface area (Å²) in [6.45, 7) is 2.08. The van der Waals surface area contributed by atoms with E-state index in [4.69, 9.17) is 4.74 Å². The number of urea groups is 1. The molecule has 22 heavy (non-hydrogen) atoms. The normalized spacial score (nSPS) is 18.5. The highest BCUT2D eigenvalue weighted by molar-refractivity contribution is 5.88. The molecule has 0 bridgehead atoms. The van der Waals surface area contributed by atoms with Crippen LogP contribution in [0.15, 0.2) is 17.3 Å². The predicted octanol–water partition coefficient (Wildman–Crippen LogP) is 1.52. The Kier molecular flexibility index (Phi) is 4.27. The minimum atomic E-state index is -0.208. The Bertz CT molecular complexity index is 680. The molecule has 1 aliphatic heterocycles. The number of methoxy groups -OCH3 is 1. The summed E-state index contributed by atoms with van der Waals surface area (Å²) in [5, 5.41) is 7.47. The molecular weight excluding hydrogens is 280 g/mol. The Morgan fingerprint density at radius 3 is 2.82 bits per heavy atom. The molecule has 2 heterocycles. The van der Waals surface area contributed by atoms with Gasteiger partial charge in [0.25, 0.3) is 0 Å². The largest absolute Gasteiger partial charge is 0.480 e. The lowest BCUT2D eigenvalue weighted by Crippen LogP contribution is -2.42. The van der Waals surface area contributed by atoms with E-state index in [1.807, 2.05) is 0 Å². The minimum Gasteiger partial charge on any atom is -0.480 e. The quantitative estimate of drug-likeness (QED) is 0.885. The first-order valence-electron chi connectivity index (χ1n) is 7.88. The van der Waals surface area contributed by atoms with Crippen molar-refractivity contribution < 1.29 is 9.53 Å². The van der Waals surface area contributed by atoms with Crippen LogP contribution in [-0.4, -0.2) is 24.2 Å². The topological polar surface area (TPSA) is 75.6 Å². The molecule has 0 aromatic carbocycles. The highest BCUT2D eigenvalue weighted by Crippen LogP contribution is 2.26. The molecule has 2 aliphatic rings. The number of pyridine rings is 1. The second-order valence-electron chi connectivity index (χ2n) is 5.99. The lowest BCUT2D eigenvalue weighted by Gasteiger charge is -2.28. The van der Waals surface area contributed by atoms with Gasteiger partial charge in [0.15, 0.2) is 0 Å². The van der Waals surface area contributed by atoms with E-state index in [0.29, 0.717) is 17.6 Å². The number of anilines is 1. The van der Waals surface area contributed by atoms with Gasteiger partial charge in [-0.1, -0.05) is 19.3 Å². The maximum atomic E-state index is 12.1. The van der Waals surface area contributed by atoms with Crippen LogP contribution in [0.3, 0.4) is 0 Å². The molecule has 6 heteroatoms. The highest BCUT2D eigenvalue weighted by Gasteiger charge is 2.21. The Hall–Kier alpha value is -2.11. The van der Waals surface area contributed by atoms with E-state index in [-0.39, 0.29) is 12.1 Å². The van der Waals surface area contributed by atoms with Crippen LogP contribution >= 0.6 is 0 Å². The van der Waals surface area contributed by atoms with Crippen LogP contribution in [0.25, 0.3) is 5.88 Å². The number of ether oxygens (including phenoxy) is 1. The van der Waals surface area contributed by atoms with Gasteiger partial charge < -0.3 is 10.1 Å². The van der Waals surface area contributed by atoms with Gasteiger partial charge in [-0.15, -0.1) is 0 Å². The monoisotopic (exact) mass is 302 g/mol. The van der Waals surface area contributed by atoms with Gasteiger partial charge in [-0.25, -0.2) is 14.8 Å². The maximum absolute atomic E-state index is 12.1. The van der Waals surface area contributed by atoms with Gasteiger partial charge in [0.2, 0.25) is 5.88 Å². The first kappa shape index (κ1) is 14.8. The Morgan fingerprint density at radius 2 is 2.14 bits per heavy atom. The molecule has 1 saturated carbocycles. The average molecular weight is 302 g/mol. The second-order valence-corrected chi connectivity index (χ2v) is 5.99. The molecule has 1 aromatic heterocycles. The van der Waals surface area contributed by atoms with Crippen LogP contribution in [0.1, 0.15) is 39.0 Å². The number of nitrogens with one attached hydrogen (secondary N) is 2.